The van der Waals surface area contributed by atoms with Crippen LogP contribution in [0.2, 0.25) is 0 Å². The highest BCUT2D eigenvalue weighted by Gasteiger charge is 2.15. The van der Waals surface area contributed by atoms with Crippen molar-refractivity contribution in [1.82, 2.24) is 16.0 Å². The first-order chi connectivity index (χ1) is 12.7. The molecule has 27 heavy (non-hydrogen) atoms. The van der Waals surface area contributed by atoms with E-state index in [4.69, 9.17) is 0 Å². The van der Waals surface area contributed by atoms with Crippen LogP contribution >= 0.6 is 35.7 Å². The van der Waals surface area contributed by atoms with E-state index in [9.17, 15) is 4.79 Å². The van der Waals surface area contributed by atoms with Crippen molar-refractivity contribution in [2.24, 2.45) is 4.99 Å². The highest BCUT2D eigenvalue weighted by Crippen LogP contribution is 2.25. The largest absolute Gasteiger partial charge is 0.357 e. The van der Waals surface area contributed by atoms with E-state index in [2.05, 4.69) is 34.8 Å². The summed E-state index contributed by atoms with van der Waals surface area (Å²) in [5, 5.41) is 10.4. The van der Waals surface area contributed by atoms with Crippen LogP contribution in [0.25, 0.3) is 0 Å². The molecule has 2 rings (SSSR count). The fourth-order valence-corrected chi connectivity index (χ4v) is 3.97. The van der Waals surface area contributed by atoms with E-state index in [0.29, 0.717) is 17.4 Å². The summed E-state index contributed by atoms with van der Waals surface area (Å²) in [7, 11) is 0. The molecule has 1 aromatic carbocycles. The maximum atomic E-state index is 12.0. The summed E-state index contributed by atoms with van der Waals surface area (Å²) < 4.78 is 0. The van der Waals surface area contributed by atoms with Crippen LogP contribution in [-0.2, 0) is 6.54 Å². The normalized spacial score (nSPS) is 16.5. The monoisotopic (exact) mass is 504 g/mol. The predicted octanol–water partition coefficient (Wildman–Crippen LogP) is 3.79. The van der Waals surface area contributed by atoms with Gasteiger partial charge in [0.25, 0.3) is 5.91 Å². The van der Waals surface area contributed by atoms with Gasteiger partial charge in [0.05, 0.1) is 6.54 Å². The smallest absolute Gasteiger partial charge is 0.251 e. The van der Waals surface area contributed by atoms with E-state index in [1.54, 1.807) is 0 Å². The number of guanidine groups is 1. The zero-order chi connectivity index (χ0) is 18.6. The number of halogens is 1. The van der Waals surface area contributed by atoms with Gasteiger partial charge in [0, 0.05) is 30.4 Å². The van der Waals surface area contributed by atoms with Crippen LogP contribution < -0.4 is 16.0 Å². The fourth-order valence-electron chi connectivity index (χ4n) is 2.77. The maximum absolute atomic E-state index is 12.0. The Morgan fingerprint density at radius 2 is 1.96 bits per heavy atom. The number of carbonyl (C=O) groups is 1. The van der Waals surface area contributed by atoms with Crippen LogP contribution in [0.5, 0.6) is 0 Å². The van der Waals surface area contributed by atoms with Crippen LogP contribution in [0, 0.1) is 0 Å². The predicted molar refractivity (Wildman–Crippen MR) is 127 cm³/mol. The first kappa shape index (κ1) is 24.1. The zero-order valence-electron chi connectivity index (χ0n) is 16.4. The Bertz CT molecular complexity index is 574. The van der Waals surface area contributed by atoms with E-state index >= 15 is 0 Å². The van der Waals surface area contributed by atoms with Crippen molar-refractivity contribution in [3.05, 3.63) is 35.4 Å². The molecule has 0 saturated carbocycles. The van der Waals surface area contributed by atoms with Gasteiger partial charge in [-0.25, -0.2) is 4.99 Å². The average molecular weight is 504 g/mol. The van der Waals surface area contributed by atoms with Gasteiger partial charge in [0.2, 0.25) is 0 Å². The van der Waals surface area contributed by atoms with Crippen molar-refractivity contribution in [2.75, 3.05) is 25.4 Å². The Kier molecular flexibility index (Phi) is 12.6. The number of nitrogens with zero attached hydrogens (tertiary/aromatic N) is 1. The lowest BCUT2D eigenvalue weighted by atomic mass is 10.1. The van der Waals surface area contributed by atoms with E-state index in [1.165, 1.54) is 18.6 Å². The van der Waals surface area contributed by atoms with E-state index in [0.717, 1.165) is 44.0 Å². The number of amides is 1. The molecule has 1 aromatic rings. The molecule has 1 amide bonds. The minimum absolute atomic E-state index is 0. The summed E-state index contributed by atoms with van der Waals surface area (Å²) in [5.74, 6) is 2.14. The van der Waals surface area contributed by atoms with Crippen LogP contribution in [-0.4, -0.2) is 42.5 Å². The molecule has 0 aromatic heterocycles. The molecule has 0 radical (unpaired) electrons. The van der Waals surface area contributed by atoms with Crippen molar-refractivity contribution in [3.8, 4) is 0 Å². The quantitative estimate of drug-likeness (QED) is 0.207. The van der Waals surface area contributed by atoms with E-state index < -0.39 is 0 Å². The molecule has 0 spiro atoms. The summed E-state index contributed by atoms with van der Waals surface area (Å²) in [5.41, 5.74) is 1.81. The minimum atomic E-state index is -0.00225. The van der Waals surface area contributed by atoms with Crippen LogP contribution in [0.3, 0.4) is 0 Å². The highest BCUT2D eigenvalue weighted by atomic mass is 127. The van der Waals surface area contributed by atoms with Crippen LogP contribution in [0.1, 0.15) is 55.5 Å². The molecule has 7 heteroatoms. The summed E-state index contributed by atoms with van der Waals surface area (Å²) in [6, 6.07) is 7.71. The third-order valence-corrected chi connectivity index (χ3v) is 5.72. The number of hydrogen-bond donors (Lipinski definition) is 3. The molecule has 152 valence electrons. The number of unbranched alkanes of at least 4 members (excludes halogenated alkanes) is 1. The molecule has 1 heterocycles. The lowest BCUT2D eigenvalue weighted by molar-refractivity contribution is 0.0953. The van der Waals surface area contributed by atoms with Gasteiger partial charge in [-0.05, 0) is 49.6 Å². The van der Waals surface area contributed by atoms with Crippen molar-refractivity contribution in [3.63, 3.8) is 0 Å². The second-order valence-corrected chi connectivity index (χ2v) is 7.93. The lowest BCUT2D eigenvalue weighted by Crippen LogP contribution is -2.40. The molecule has 1 atom stereocenters. The number of nitrogens with one attached hydrogen (secondary N) is 3. The molecular formula is C20H33IN4OS. The molecule has 1 aliphatic rings. The summed E-state index contributed by atoms with van der Waals surface area (Å²) in [6.07, 6.45) is 4.71. The number of hydrogen-bond acceptors (Lipinski definition) is 3. The van der Waals surface area contributed by atoms with E-state index in [-0.39, 0.29) is 29.9 Å². The fraction of sp³-hybridized carbons (Fsp3) is 0.600. The molecule has 0 aliphatic carbocycles. The van der Waals surface area contributed by atoms with Gasteiger partial charge < -0.3 is 16.0 Å². The first-order valence-electron chi connectivity index (χ1n) is 9.73. The van der Waals surface area contributed by atoms with Crippen LogP contribution in [0.4, 0.5) is 0 Å². The second-order valence-electron chi connectivity index (χ2n) is 6.52. The molecular weight excluding hydrogens is 471 g/mol. The minimum Gasteiger partial charge on any atom is -0.357 e. The Morgan fingerprint density at radius 3 is 2.59 bits per heavy atom. The maximum Gasteiger partial charge on any atom is 0.251 e. The second kappa shape index (κ2) is 14.1. The molecule has 1 fully saturated rings. The molecule has 3 N–H and O–H groups in total. The third-order valence-electron chi connectivity index (χ3n) is 4.32. The Balaban J connectivity index is 0.00000364. The SMILES string of the molecule is CCCCNC(=O)c1ccc(CN=C(NCC)NCC2CCCS2)cc1.I. The number of aliphatic imine (C=N–C) groups is 1. The van der Waals surface area contributed by atoms with Gasteiger partial charge >= 0.3 is 0 Å². The van der Waals surface area contributed by atoms with Crippen molar-refractivity contribution in [2.45, 2.75) is 51.3 Å². The summed E-state index contributed by atoms with van der Waals surface area (Å²) in [6.45, 7) is 7.34. The van der Waals surface area contributed by atoms with Gasteiger partial charge in [-0.1, -0.05) is 25.5 Å². The topological polar surface area (TPSA) is 65.5 Å². The van der Waals surface area contributed by atoms with Gasteiger partial charge in [0.15, 0.2) is 5.96 Å². The molecule has 5 nitrogen and oxygen atoms in total. The summed E-state index contributed by atoms with van der Waals surface area (Å²) >= 11 is 2.04. The zero-order valence-corrected chi connectivity index (χ0v) is 19.6. The van der Waals surface area contributed by atoms with Gasteiger partial charge in [-0.2, -0.15) is 11.8 Å². The van der Waals surface area contributed by atoms with Crippen molar-refractivity contribution < 1.29 is 4.79 Å². The van der Waals surface area contributed by atoms with Gasteiger partial charge in [0.1, 0.15) is 0 Å². The number of rotatable bonds is 9. The Hall–Kier alpha value is -0.960. The van der Waals surface area contributed by atoms with E-state index in [1.807, 2.05) is 36.0 Å². The Labute approximate surface area is 185 Å². The van der Waals surface area contributed by atoms with Crippen molar-refractivity contribution >= 4 is 47.6 Å². The molecule has 1 unspecified atom stereocenters. The standard InChI is InChI=1S/C20H32N4OS.HI/c1-3-5-12-22-19(25)17-10-8-16(9-11-17)14-23-20(21-4-2)24-15-18-7-6-13-26-18;/h8-11,18H,3-7,12-15H2,1-2H3,(H,22,25)(H2,21,23,24);1H. The average Bonchev–Trinajstić information content (AvgIpc) is 3.18. The molecule has 1 saturated heterocycles. The number of thioether (sulfide) groups is 1. The van der Waals surface area contributed by atoms with Crippen LogP contribution in [0.15, 0.2) is 29.3 Å². The van der Waals surface area contributed by atoms with Gasteiger partial charge in [-0.3, -0.25) is 4.79 Å². The molecule has 0 bridgehead atoms. The summed E-state index contributed by atoms with van der Waals surface area (Å²) in [4.78, 5) is 16.7. The van der Waals surface area contributed by atoms with Crippen molar-refractivity contribution in [1.29, 1.82) is 0 Å². The van der Waals surface area contributed by atoms with Gasteiger partial charge in [-0.15, -0.1) is 24.0 Å². The Morgan fingerprint density at radius 1 is 1.19 bits per heavy atom. The highest BCUT2D eigenvalue weighted by molar-refractivity contribution is 14.0. The number of carbonyl (C=O) groups excluding carboxylic acids is 1. The number of benzene rings is 1. The first-order valence-corrected chi connectivity index (χ1v) is 10.8. The molecule has 1 aliphatic heterocycles. The third kappa shape index (κ3) is 9.19. The lowest BCUT2D eigenvalue weighted by Gasteiger charge is -2.14.